The van der Waals surface area contributed by atoms with Crippen molar-refractivity contribution in [1.82, 2.24) is 14.8 Å². The van der Waals surface area contributed by atoms with E-state index in [2.05, 4.69) is 17.0 Å². The van der Waals surface area contributed by atoms with Gasteiger partial charge in [-0.2, -0.15) is 5.10 Å². The summed E-state index contributed by atoms with van der Waals surface area (Å²) in [4.78, 5) is 16.0. The molecular weight excluding hydrogens is 276 g/mol. The fraction of sp³-hybridized carbons (Fsp3) is 0.471. The second-order valence-electron chi connectivity index (χ2n) is 5.59. The van der Waals surface area contributed by atoms with Crippen molar-refractivity contribution in [3.05, 3.63) is 40.8 Å². The lowest BCUT2D eigenvalue weighted by Gasteiger charge is -2.19. The molecule has 0 saturated carbocycles. The van der Waals surface area contributed by atoms with Crippen LogP contribution in [0.15, 0.2) is 18.3 Å². The number of nitrogens with two attached hydrogens (primary N) is 1. The molecule has 2 heterocycles. The van der Waals surface area contributed by atoms with E-state index < -0.39 is 5.91 Å². The van der Waals surface area contributed by atoms with Gasteiger partial charge in [-0.1, -0.05) is 20.8 Å². The van der Waals surface area contributed by atoms with Crippen LogP contribution in [0.1, 0.15) is 54.5 Å². The van der Waals surface area contributed by atoms with Crippen molar-refractivity contribution in [2.45, 2.75) is 47.0 Å². The molecule has 0 bridgehead atoms. The summed E-state index contributed by atoms with van der Waals surface area (Å²) in [5.74, 6) is 0.883. The van der Waals surface area contributed by atoms with Crippen molar-refractivity contribution in [2.24, 2.45) is 11.7 Å². The number of carbonyl (C=O) groups is 1. The number of amides is 1. The Morgan fingerprint density at radius 3 is 2.77 bits per heavy atom. The minimum absolute atomic E-state index is 0.398. The topological polar surface area (TPSA) is 73.8 Å². The third-order valence-corrected chi connectivity index (χ3v) is 3.87. The number of aromatic nitrogens is 3. The lowest BCUT2D eigenvalue weighted by molar-refractivity contribution is 0.0994. The maximum Gasteiger partial charge on any atom is 0.269 e. The van der Waals surface area contributed by atoms with Crippen LogP contribution in [0.5, 0.6) is 0 Å². The summed E-state index contributed by atoms with van der Waals surface area (Å²) in [6, 6.07) is 3.91. The third-order valence-electron chi connectivity index (χ3n) is 3.87. The molecule has 0 aliphatic heterocycles. The van der Waals surface area contributed by atoms with Gasteiger partial charge < -0.3 is 5.73 Å². The fourth-order valence-corrected chi connectivity index (χ4v) is 2.80. The van der Waals surface area contributed by atoms with E-state index in [4.69, 9.17) is 5.73 Å². The second kappa shape index (κ2) is 6.73. The second-order valence-corrected chi connectivity index (χ2v) is 5.59. The van der Waals surface area contributed by atoms with Gasteiger partial charge in [0.05, 0.1) is 5.69 Å². The molecule has 5 nitrogen and oxygen atoms in total. The van der Waals surface area contributed by atoms with Crippen molar-refractivity contribution < 1.29 is 4.79 Å². The van der Waals surface area contributed by atoms with Gasteiger partial charge in [-0.3, -0.25) is 4.79 Å². The number of aryl methyl sites for hydroxylation is 1. The Bertz CT molecular complexity index is 675. The largest absolute Gasteiger partial charge is 0.364 e. The van der Waals surface area contributed by atoms with Gasteiger partial charge >= 0.3 is 0 Å². The predicted octanol–water partition coefficient (Wildman–Crippen LogP) is 2.83. The molecule has 5 heteroatoms. The molecule has 1 atom stereocenters. The van der Waals surface area contributed by atoms with E-state index in [1.807, 2.05) is 32.9 Å². The molecule has 1 aliphatic rings. The first-order valence-electron chi connectivity index (χ1n) is 7.90. The van der Waals surface area contributed by atoms with Crippen LogP contribution in [0.3, 0.4) is 0 Å². The van der Waals surface area contributed by atoms with Gasteiger partial charge in [0, 0.05) is 11.8 Å². The molecule has 2 N–H and O–H groups in total. The highest BCUT2D eigenvalue weighted by atomic mass is 16.1. The normalized spacial score (nSPS) is 16.5. The molecule has 0 aromatic carbocycles. The van der Waals surface area contributed by atoms with Crippen molar-refractivity contribution >= 4 is 5.91 Å². The number of pyridine rings is 1. The highest BCUT2D eigenvalue weighted by molar-refractivity contribution is 5.92. The third kappa shape index (κ3) is 3.03. The van der Waals surface area contributed by atoms with Crippen LogP contribution < -0.4 is 5.73 Å². The van der Waals surface area contributed by atoms with Gasteiger partial charge in [-0.05, 0) is 49.8 Å². The Balaban J connectivity index is 0.000000847. The molecule has 1 unspecified atom stereocenters. The lowest BCUT2D eigenvalue weighted by atomic mass is 9.88. The zero-order valence-electron chi connectivity index (χ0n) is 13.8. The smallest absolute Gasteiger partial charge is 0.269 e. The van der Waals surface area contributed by atoms with E-state index >= 15 is 0 Å². The molecule has 0 saturated heterocycles. The minimum Gasteiger partial charge on any atom is -0.364 e. The Kier molecular flexibility index (Phi) is 4.96. The van der Waals surface area contributed by atoms with Gasteiger partial charge in [0.15, 0.2) is 11.5 Å². The van der Waals surface area contributed by atoms with Crippen LogP contribution in [0, 0.1) is 12.8 Å². The number of fused-ring (bicyclic) bond motifs is 1. The van der Waals surface area contributed by atoms with E-state index in [0.717, 1.165) is 41.9 Å². The van der Waals surface area contributed by atoms with Crippen molar-refractivity contribution in [3.63, 3.8) is 0 Å². The molecule has 118 valence electrons. The van der Waals surface area contributed by atoms with E-state index in [0.29, 0.717) is 11.6 Å². The molecule has 2 aromatic rings. The van der Waals surface area contributed by atoms with Gasteiger partial charge in [0.25, 0.3) is 5.91 Å². The summed E-state index contributed by atoms with van der Waals surface area (Å²) in [6.07, 6.45) is 4.60. The first-order valence-corrected chi connectivity index (χ1v) is 7.90. The standard InChI is InChI=1S/C15H18N4O.C2H6/c1-9-3-4-11-12(7-9)19(18-14(11)15(16)20)13-8-10(2)5-6-17-13;1-2/h5-6,8-9H,3-4,7H2,1-2H3,(H2,16,20);1-2H3. The van der Waals surface area contributed by atoms with Crippen LogP contribution in [-0.2, 0) is 12.8 Å². The van der Waals surface area contributed by atoms with Gasteiger partial charge in [-0.25, -0.2) is 9.67 Å². The zero-order chi connectivity index (χ0) is 16.3. The summed E-state index contributed by atoms with van der Waals surface area (Å²) in [5, 5.41) is 4.42. The predicted molar refractivity (Wildman–Crippen MR) is 87.2 cm³/mol. The number of nitrogens with zero attached hydrogens (tertiary/aromatic N) is 3. The number of hydrogen-bond acceptors (Lipinski definition) is 3. The SMILES string of the molecule is CC.Cc1ccnc(-n2nc(C(N)=O)c3c2CC(C)CC3)c1. The highest BCUT2D eigenvalue weighted by Crippen LogP contribution is 2.29. The summed E-state index contributed by atoms with van der Waals surface area (Å²) in [6.45, 7) is 8.23. The van der Waals surface area contributed by atoms with Crippen LogP contribution in [0.4, 0.5) is 0 Å². The average Bonchev–Trinajstić information content (AvgIpc) is 2.88. The summed E-state index contributed by atoms with van der Waals surface area (Å²) in [5.41, 5.74) is 9.05. The zero-order valence-corrected chi connectivity index (χ0v) is 13.8. The van der Waals surface area contributed by atoms with Gasteiger partial charge in [-0.15, -0.1) is 0 Å². The molecular formula is C17H24N4O. The first kappa shape index (κ1) is 16.2. The van der Waals surface area contributed by atoms with E-state index in [1.165, 1.54) is 0 Å². The van der Waals surface area contributed by atoms with Crippen LogP contribution in [-0.4, -0.2) is 20.7 Å². The number of carbonyl (C=O) groups excluding carboxylic acids is 1. The molecule has 2 aromatic heterocycles. The minimum atomic E-state index is -0.456. The monoisotopic (exact) mass is 300 g/mol. The summed E-state index contributed by atoms with van der Waals surface area (Å²) < 4.78 is 1.79. The summed E-state index contributed by atoms with van der Waals surface area (Å²) in [7, 11) is 0. The number of rotatable bonds is 2. The average molecular weight is 300 g/mol. The number of hydrogen-bond donors (Lipinski definition) is 1. The van der Waals surface area contributed by atoms with E-state index in [9.17, 15) is 4.79 Å². The van der Waals surface area contributed by atoms with Crippen LogP contribution in [0.25, 0.3) is 5.82 Å². The quantitative estimate of drug-likeness (QED) is 0.926. The highest BCUT2D eigenvalue weighted by Gasteiger charge is 2.27. The van der Waals surface area contributed by atoms with Crippen LogP contribution in [0.2, 0.25) is 0 Å². The maximum atomic E-state index is 11.6. The van der Waals surface area contributed by atoms with Crippen molar-refractivity contribution in [1.29, 1.82) is 0 Å². The number of primary amides is 1. The fourth-order valence-electron chi connectivity index (χ4n) is 2.80. The van der Waals surface area contributed by atoms with Gasteiger partial charge in [0.2, 0.25) is 0 Å². The Labute approximate surface area is 131 Å². The van der Waals surface area contributed by atoms with Crippen LogP contribution >= 0.6 is 0 Å². The van der Waals surface area contributed by atoms with Crippen molar-refractivity contribution in [2.75, 3.05) is 0 Å². The Morgan fingerprint density at radius 1 is 1.41 bits per heavy atom. The summed E-state index contributed by atoms with van der Waals surface area (Å²) >= 11 is 0. The molecule has 1 aliphatic carbocycles. The Hall–Kier alpha value is -2.17. The molecule has 22 heavy (non-hydrogen) atoms. The molecule has 0 spiro atoms. The Morgan fingerprint density at radius 2 is 2.14 bits per heavy atom. The first-order chi connectivity index (χ1) is 10.6. The van der Waals surface area contributed by atoms with E-state index in [-0.39, 0.29) is 0 Å². The van der Waals surface area contributed by atoms with E-state index in [1.54, 1.807) is 10.9 Å². The molecule has 0 radical (unpaired) electrons. The molecule has 3 rings (SSSR count). The molecule has 1 amide bonds. The molecule has 0 fully saturated rings. The lowest BCUT2D eigenvalue weighted by Crippen LogP contribution is -2.17. The van der Waals surface area contributed by atoms with Crippen molar-refractivity contribution in [3.8, 4) is 5.82 Å². The van der Waals surface area contributed by atoms with Gasteiger partial charge in [0.1, 0.15) is 0 Å². The maximum absolute atomic E-state index is 11.6.